The van der Waals surface area contributed by atoms with Crippen LogP contribution in [0.2, 0.25) is 5.02 Å². The quantitative estimate of drug-likeness (QED) is 0.430. The molecule has 0 radical (unpaired) electrons. The highest BCUT2D eigenvalue weighted by Crippen LogP contribution is 2.36. The summed E-state index contributed by atoms with van der Waals surface area (Å²) in [5.41, 5.74) is 2.21. The summed E-state index contributed by atoms with van der Waals surface area (Å²) >= 11 is 7.52. The summed E-state index contributed by atoms with van der Waals surface area (Å²) in [6.07, 6.45) is 0.0657. The molecule has 2 aromatic heterocycles. The molecule has 34 heavy (non-hydrogen) atoms. The lowest BCUT2D eigenvalue weighted by molar-refractivity contribution is -0.122. The largest absolute Gasteiger partial charge is 0.496 e. The van der Waals surface area contributed by atoms with Crippen molar-refractivity contribution >= 4 is 51.3 Å². The summed E-state index contributed by atoms with van der Waals surface area (Å²) in [5, 5.41) is 9.63. The van der Waals surface area contributed by atoms with Crippen molar-refractivity contribution in [3.8, 4) is 22.8 Å². The number of halogens is 1. The molecule has 2 amide bonds. The van der Waals surface area contributed by atoms with Crippen molar-refractivity contribution in [3.63, 3.8) is 0 Å². The number of rotatable bonds is 6. The average molecular weight is 498 g/mol. The lowest BCUT2D eigenvalue weighted by atomic mass is 10.1. The predicted molar refractivity (Wildman–Crippen MR) is 130 cm³/mol. The van der Waals surface area contributed by atoms with E-state index in [-0.39, 0.29) is 30.7 Å². The molecule has 2 aromatic carbocycles. The van der Waals surface area contributed by atoms with Crippen molar-refractivity contribution < 1.29 is 19.1 Å². The zero-order chi connectivity index (χ0) is 23.8. The van der Waals surface area contributed by atoms with E-state index in [1.807, 2.05) is 29.6 Å². The molecule has 5 rings (SSSR count). The van der Waals surface area contributed by atoms with Gasteiger partial charge < -0.3 is 14.4 Å². The van der Waals surface area contributed by atoms with Crippen LogP contribution in [0.3, 0.4) is 0 Å². The first-order chi connectivity index (χ1) is 16.5. The van der Waals surface area contributed by atoms with Crippen LogP contribution in [-0.4, -0.2) is 47.2 Å². The minimum atomic E-state index is -0.564. The molecule has 0 aliphatic carbocycles. The number of nitrogens with zero attached hydrogens (tertiary/aromatic N) is 4. The zero-order valence-corrected chi connectivity index (χ0v) is 19.9. The van der Waals surface area contributed by atoms with Gasteiger partial charge in [-0.05, 0) is 30.3 Å². The zero-order valence-electron chi connectivity index (χ0n) is 18.3. The summed E-state index contributed by atoms with van der Waals surface area (Å²) in [7, 11) is 3.13. The van der Waals surface area contributed by atoms with Crippen LogP contribution in [0.1, 0.15) is 6.42 Å². The summed E-state index contributed by atoms with van der Waals surface area (Å²) in [6, 6.07) is 12.6. The van der Waals surface area contributed by atoms with Crippen LogP contribution < -0.4 is 19.7 Å². The van der Waals surface area contributed by atoms with Gasteiger partial charge in [-0.1, -0.05) is 23.7 Å². The van der Waals surface area contributed by atoms with E-state index >= 15 is 0 Å². The Morgan fingerprint density at radius 3 is 2.76 bits per heavy atom. The summed E-state index contributed by atoms with van der Waals surface area (Å²) in [5.74, 6) is 0.334. The number of ether oxygens (including phenoxy) is 2. The van der Waals surface area contributed by atoms with Crippen LogP contribution in [0, 0.1) is 5.92 Å². The Morgan fingerprint density at radius 2 is 1.97 bits per heavy atom. The predicted octanol–water partition coefficient (Wildman–Crippen LogP) is 4.12. The fourth-order valence-electron chi connectivity index (χ4n) is 3.98. The second-order valence-corrected chi connectivity index (χ2v) is 8.93. The summed E-state index contributed by atoms with van der Waals surface area (Å²) < 4.78 is 12.5. The molecule has 11 heteroatoms. The van der Waals surface area contributed by atoms with Gasteiger partial charge in [0.1, 0.15) is 11.5 Å². The van der Waals surface area contributed by atoms with Gasteiger partial charge in [0.25, 0.3) is 0 Å². The number of amides is 2. The van der Waals surface area contributed by atoms with Crippen LogP contribution in [-0.2, 0) is 9.59 Å². The molecule has 1 N–H and O–H groups in total. The molecule has 1 saturated heterocycles. The smallest absolute Gasteiger partial charge is 0.250 e. The van der Waals surface area contributed by atoms with Gasteiger partial charge in [0.05, 0.1) is 31.5 Å². The Kier molecular flexibility index (Phi) is 5.84. The number of carbonyl (C=O) groups is 2. The first kappa shape index (κ1) is 22.2. The molecule has 1 fully saturated rings. The monoisotopic (exact) mass is 497 g/mol. The number of para-hydroxylation sites is 1. The van der Waals surface area contributed by atoms with Crippen LogP contribution in [0.15, 0.2) is 47.8 Å². The van der Waals surface area contributed by atoms with Crippen LogP contribution in [0.4, 0.5) is 11.6 Å². The van der Waals surface area contributed by atoms with E-state index < -0.39 is 5.92 Å². The molecule has 1 atom stereocenters. The van der Waals surface area contributed by atoms with Crippen LogP contribution in [0.25, 0.3) is 16.2 Å². The molecule has 0 bridgehead atoms. The fraction of sp³-hybridized carbons (Fsp3) is 0.217. The van der Waals surface area contributed by atoms with E-state index in [9.17, 15) is 9.59 Å². The van der Waals surface area contributed by atoms with Gasteiger partial charge in [-0.3, -0.25) is 14.9 Å². The van der Waals surface area contributed by atoms with Crippen molar-refractivity contribution in [2.75, 3.05) is 31.0 Å². The van der Waals surface area contributed by atoms with E-state index in [2.05, 4.69) is 15.4 Å². The second-order valence-electron chi connectivity index (χ2n) is 7.66. The number of methoxy groups -OCH3 is 2. The maximum absolute atomic E-state index is 13.0. The highest BCUT2D eigenvalue weighted by molar-refractivity contribution is 7.15. The number of anilines is 2. The molecule has 9 nitrogen and oxygen atoms in total. The third-order valence-electron chi connectivity index (χ3n) is 5.63. The van der Waals surface area contributed by atoms with Gasteiger partial charge in [-0.15, -0.1) is 16.4 Å². The van der Waals surface area contributed by atoms with Crippen molar-refractivity contribution in [1.82, 2.24) is 14.6 Å². The van der Waals surface area contributed by atoms with E-state index in [0.29, 0.717) is 27.2 Å². The Morgan fingerprint density at radius 1 is 1.18 bits per heavy atom. The third-order valence-corrected chi connectivity index (χ3v) is 6.68. The molecule has 3 heterocycles. The van der Waals surface area contributed by atoms with Crippen molar-refractivity contribution in [1.29, 1.82) is 0 Å². The topological polar surface area (TPSA) is 98.1 Å². The minimum Gasteiger partial charge on any atom is -0.496 e. The Labute approximate surface area is 203 Å². The molecule has 1 aliphatic rings. The Hall–Kier alpha value is -3.63. The molecule has 0 spiro atoms. The van der Waals surface area contributed by atoms with Gasteiger partial charge in [-0.2, -0.15) is 4.98 Å². The minimum absolute atomic E-state index is 0.0657. The van der Waals surface area contributed by atoms with Crippen molar-refractivity contribution in [3.05, 3.63) is 52.9 Å². The number of hydrogen-bond donors (Lipinski definition) is 1. The lowest BCUT2D eigenvalue weighted by Gasteiger charge is -2.19. The standard InChI is InChI=1S/C23H20ClN5O4S/c1-32-18-6-4-3-5-15(18)17-12-34-23-26-22(27-29(17)23)25-21(31)13-9-20(30)28(11-13)16-10-14(24)7-8-19(16)33-2/h3-8,10,12-13H,9,11H2,1-2H3,(H,25,27,31). The normalized spacial score (nSPS) is 15.7. The van der Waals surface area contributed by atoms with E-state index in [1.165, 1.54) is 23.3 Å². The second kappa shape index (κ2) is 8.96. The molecule has 1 aliphatic heterocycles. The number of nitrogens with one attached hydrogen (secondary N) is 1. The Balaban J connectivity index is 1.35. The number of fused-ring (bicyclic) bond motifs is 1. The van der Waals surface area contributed by atoms with Gasteiger partial charge in [0.2, 0.25) is 22.7 Å². The molecule has 4 aromatic rings. The molecular formula is C23H20ClN5O4S. The number of thiazole rings is 1. The van der Waals surface area contributed by atoms with E-state index in [0.717, 1.165) is 11.3 Å². The lowest BCUT2D eigenvalue weighted by Crippen LogP contribution is -2.28. The summed E-state index contributed by atoms with van der Waals surface area (Å²) in [6.45, 7) is 0.204. The van der Waals surface area contributed by atoms with Gasteiger partial charge in [0.15, 0.2) is 0 Å². The van der Waals surface area contributed by atoms with Gasteiger partial charge in [0, 0.05) is 28.9 Å². The highest BCUT2D eigenvalue weighted by Gasteiger charge is 2.37. The average Bonchev–Trinajstić information content (AvgIpc) is 3.53. The molecule has 0 saturated carbocycles. The van der Waals surface area contributed by atoms with E-state index in [4.69, 9.17) is 21.1 Å². The first-order valence-electron chi connectivity index (χ1n) is 10.4. The maximum Gasteiger partial charge on any atom is 0.250 e. The van der Waals surface area contributed by atoms with Crippen LogP contribution >= 0.6 is 22.9 Å². The van der Waals surface area contributed by atoms with Crippen molar-refractivity contribution in [2.45, 2.75) is 6.42 Å². The molecule has 1 unspecified atom stereocenters. The number of carbonyl (C=O) groups excluding carboxylic acids is 2. The fourth-order valence-corrected chi connectivity index (χ4v) is 4.97. The van der Waals surface area contributed by atoms with Crippen molar-refractivity contribution in [2.24, 2.45) is 5.92 Å². The first-order valence-corrected chi connectivity index (χ1v) is 11.7. The van der Waals surface area contributed by atoms with Gasteiger partial charge in [-0.25, -0.2) is 4.52 Å². The van der Waals surface area contributed by atoms with Gasteiger partial charge >= 0.3 is 0 Å². The molecule has 174 valence electrons. The SMILES string of the molecule is COc1ccccc1-c1csc2nc(NC(=O)C3CC(=O)N(c4cc(Cl)ccc4OC)C3)nn12. The number of aromatic nitrogens is 3. The summed E-state index contributed by atoms with van der Waals surface area (Å²) in [4.78, 5) is 32.2. The number of hydrogen-bond acceptors (Lipinski definition) is 7. The third kappa shape index (κ3) is 3.95. The highest BCUT2D eigenvalue weighted by atomic mass is 35.5. The number of benzene rings is 2. The maximum atomic E-state index is 13.0. The van der Waals surface area contributed by atoms with Crippen LogP contribution in [0.5, 0.6) is 11.5 Å². The Bertz CT molecular complexity index is 1400. The molecular weight excluding hydrogens is 478 g/mol. The van der Waals surface area contributed by atoms with E-state index in [1.54, 1.807) is 29.8 Å².